The van der Waals surface area contributed by atoms with Crippen molar-refractivity contribution in [1.29, 1.82) is 0 Å². The Balaban J connectivity index is 4.00. The summed E-state index contributed by atoms with van der Waals surface area (Å²) in [6.45, 7) is 11.0. The maximum absolute atomic E-state index is 11.7. The van der Waals surface area contributed by atoms with Gasteiger partial charge in [-0.05, 0) is 25.7 Å². The molecule has 0 aliphatic carbocycles. The summed E-state index contributed by atoms with van der Waals surface area (Å²) >= 11 is 0. The highest BCUT2D eigenvalue weighted by atomic mass is 16.3. The second-order valence-electron chi connectivity index (χ2n) is 5.17. The molecular formula is C13H28N2O2. The van der Waals surface area contributed by atoms with Gasteiger partial charge < -0.3 is 15.7 Å². The van der Waals surface area contributed by atoms with Crippen LogP contribution in [0.5, 0.6) is 0 Å². The Morgan fingerprint density at radius 3 is 2.18 bits per heavy atom. The Labute approximate surface area is 105 Å². The Morgan fingerprint density at radius 1 is 1.24 bits per heavy atom. The Kier molecular flexibility index (Phi) is 7.39. The zero-order valence-corrected chi connectivity index (χ0v) is 11.8. The number of amides is 1. The molecule has 4 nitrogen and oxygen atoms in total. The largest absolute Gasteiger partial charge is 0.389 e. The Bertz CT molecular complexity index is 225. The summed E-state index contributed by atoms with van der Waals surface area (Å²) in [6.07, 6.45) is 1.38. The van der Waals surface area contributed by atoms with Gasteiger partial charge in [0, 0.05) is 13.1 Å². The maximum Gasteiger partial charge on any atom is 0.236 e. The highest BCUT2D eigenvalue weighted by molar-refractivity contribution is 5.81. The number of carbonyl (C=O) groups is 1. The third-order valence-electron chi connectivity index (χ3n) is 3.13. The van der Waals surface area contributed by atoms with E-state index in [1.165, 1.54) is 0 Å². The van der Waals surface area contributed by atoms with E-state index < -0.39 is 5.60 Å². The molecule has 4 heteroatoms. The number of rotatable bonds is 8. The summed E-state index contributed by atoms with van der Waals surface area (Å²) in [7, 11) is 0. The van der Waals surface area contributed by atoms with Gasteiger partial charge in [-0.15, -0.1) is 0 Å². The first-order chi connectivity index (χ1) is 7.84. The van der Waals surface area contributed by atoms with Crippen molar-refractivity contribution in [2.45, 2.75) is 59.1 Å². The Hall–Kier alpha value is -0.610. The first-order valence-electron chi connectivity index (χ1n) is 6.58. The number of nitrogens with one attached hydrogen (secondary N) is 2. The number of aliphatic hydroxyl groups is 1. The molecule has 0 bridgehead atoms. The van der Waals surface area contributed by atoms with Gasteiger partial charge in [-0.3, -0.25) is 4.79 Å². The van der Waals surface area contributed by atoms with Crippen molar-refractivity contribution in [2.24, 2.45) is 5.92 Å². The minimum absolute atomic E-state index is 0.00624. The number of carbonyl (C=O) groups excluding carboxylic acids is 1. The smallest absolute Gasteiger partial charge is 0.236 e. The van der Waals surface area contributed by atoms with E-state index in [0.717, 1.165) is 0 Å². The topological polar surface area (TPSA) is 61.4 Å². The minimum Gasteiger partial charge on any atom is -0.389 e. The quantitative estimate of drug-likeness (QED) is 0.603. The fraction of sp³-hybridized carbons (Fsp3) is 0.923. The van der Waals surface area contributed by atoms with E-state index in [2.05, 4.69) is 24.5 Å². The van der Waals surface area contributed by atoms with Crippen LogP contribution in [0.3, 0.4) is 0 Å². The van der Waals surface area contributed by atoms with E-state index >= 15 is 0 Å². The monoisotopic (exact) mass is 244 g/mol. The molecule has 0 heterocycles. The predicted octanol–water partition coefficient (Wildman–Crippen LogP) is 1.29. The Morgan fingerprint density at radius 2 is 1.76 bits per heavy atom. The molecule has 3 N–H and O–H groups in total. The molecule has 0 aromatic rings. The summed E-state index contributed by atoms with van der Waals surface area (Å²) in [5.74, 6) is 0.447. The van der Waals surface area contributed by atoms with Crippen LogP contribution in [-0.4, -0.2) is 35.7 Å². The van der Waals surface area contributed by atoms with E-state index in [-0.39, 0.29) is 11.9 Å². The van der Waals surface area contributed by atoms with E-state index in [1.807, 2.05) is 20.8 Å². The second-order valence-corrected chi connectivity index (χ2v) is 5.17. The van der Waals surface area contributed by atoms with Crippen LogP contribution in [0.4, 0.5) is 0 Å². The van der Waals surface area contributed by atoms with Gasteiger partial charge in [0.2, 0.25) is 5.91 Å². The molecule has 0 aromatic heterocycles. The van der Waals surface area contributed by atoms with Crippen LogP contribution in [0.1, 0.15) is 47.5 Å². The van der Waals surface area contributed by atoms with Crippen molar-refractivity contribution >= 4 is 5.91 Å². The van der Waals surface area contributed by atoms with Crippen molar-refractivity contribution in [3.05, 3.63) is 0 Å². The summed E-state index contributed by atoms with van der Waals surface area (Å²) in [5.41, 5.74) is -0.702. The van der Waals surface area contributed by atoms with Gasteiger partial charge in [0.15, 0.2) is 0 Å². The van der Waals surface area contributed by atoms with E-state index in [0.29, 0.717) is 31.8 Å². The average Bonchev–Trinajstić information content (AvgIpc) is 2.32. The second kappa shape index (κ2) is 7.67. The standard InChI is InChI=1S/C13H28N2O2/c1-6-13(17,7-2)9-15-11(5)12(16)14-8-10(3)4/h10-11,15,17H,6-9H2,1-5H3,(H,14,16). The lowest BCUT2D eigenvalue weighted by Crippen LogP contribution is -2.49. The molecule has 0 aliphatic rings. The van der Waals surface area contributed by atoms with E-state index in [4.69, 9.17) is 0 Å². The first-order valence-corrected chi connectivity index (χ1v) is 6.58. The summed E-state index contributed by atoms with van der Waals surface area (Å²) in [6, 6.07) is -0.265. The molecule has 0 rings (SSSR count). The average molecular weight is 244 g/mol. The molecule has 102 valence electrons. The third kappa shape index (κ3) is 6.64. The van der Waals surface area contributed by atoms with Gasteiger partial charge in [0.1, 0.15) is 0 Å². The SMILES string of the molecule is CCC(O)(CC)CNC(C)C(=O)NCC(C)C. The fourth-order valence-electron chi connectivity index (χ4n) is 1.39. The lowest BCUT2D eigenvalue weighted by atomic mass is 9.97. The van der Waals surface area contributed by atoms with Crippen LogP contribution in [-0.2, 0) is 4.79 Å². The predicted molar refractivity (Wildman–Crippen MR) is 70.8 cm³/mol. The zero-order chi connectivity index (χ0) is 13.5. The molecule has 0 saturated carbocycles. The summed E-state index contributed by atoms with van der Waals surface area (Å²) in [4.78, 5) is 11.7. The summed E-state index contributed by atoms with van der Waals surface area (Å²) < 4.78 is 0. The van der Waals surface area contributed by atoms with Crippen LogP contribution in [0.25, 0.3) is 0 Å². The lowest BCUT2D eigenvalue weighted by molar-refractivity contribution is -0.123. The highest BCUT2D eigenvalue weighted by Crippen LogP contribution is 2.13. The molecule has 17 heavy (non-hydrogen) atoms. The van der Waals surface area contributed by atoms with Crippen LogP contribution < -0.4 is 10.6 Å². The number of hydrogen-bond acceptors (Lipinski definition) is 3. The normalized spacial score (nSPS) is 13.8. The molecule has 1 unspecified atom stereocenters. The molecule has 0 fully saturated rings. The molecule has 0 aromatic carbocycles. The highest BCUT2D eigenvalue weighted by Gasteiger charge is 2.23. The van der Waals surface area contributed by atoms with Gasteiger partial charge in [-0.1, -0.05) is 27.7 Å². The van der Waals surface area contributed by atoms with Crippen molar-refractivity contribution < 1.29 is 9.90 Å². The first kappa shape index (κ1) is 16.4. The molecule has 0 spiro atoms. The molecule has 0 aliphatic heterocycles. The number of hydrogen-bond donors (Lipinski definition) is 3. The molecule has 0 radical (unpaired) electrons. The van der Waals surface area contributed by atoms with Crippen molar-refractivity contribution in [2.75, 3.05) is 13.1 Å². The van der Waals surface area contributed by atoms with Crippen LogP contribution >= 0.6 is 0 Å². The van der Waals surface area contributed by atoms with Crippen LogP contribution in [0.15, 0.2) is 0 Å². The van der Waals surface area contributed by atoms with Crippen LogP contribution in [0.2, 0.25) is 0 Å². The maximum atomic E-state index is 11.7. The third-order valence-corrected chi connectivity index (χ3v) is 3.13. The van der Waals surface area contributed by atoms with Crippen molar-refractivity contribution in [1.82, 2.24) is 10.6 Å². The molecule has 1 amide bonds. The zero-order valence-electron chi connectivity index (χ0n) is 11.8. The minimum atomic E-state index is -0.702. The van der Waals surface area contributed by atoms with Crippen LogP contribution in [0, 0.1) is 5.92 Å². The lowest BCUT2D eigenvalue weighted by Gasteiger charge is -2.27. The van der Waals surface area contributed by atoms with Gasteiger partial charge in [-0.25, -0.2) is 0 Å². The van der Waals surface area contributed by atoms with E-state index in [1.54, 1.807) is 0 Å². The molecule has 0 saturated heterocycles. The fourth-order valence-corrected chi connectivity index (χ4v) is 1.39. The van der Waals surface area contributed by atoms with Crippen molar-refractivity contribution in [3.8, 4) is 0 Å². The van der Waals surface area contributed by atoms with Crippen molar-refractivity contribution in [3.63, 3.8) is 0 Å². The van der Waals surface area contributed by atoms with Gasteiger partial charge in [0.25, 0.3) is 0 Å². The van der Waals surface area contributed by atoms with Gasteiger partial charge in [-0.2, -0.15) is 0 Å². The van der Waals surface area contributed by atoms with E-state index in [9.17, 15) is 9.90 Å². The van der Waals surface area contributed by atoms with Gasteiger partial charge >= 0.3 is 0 Å². The summed E-state index contributed by atoms with van der Waals surface area (Å²) in [5, 5.41) is 16.0. The molecule has 1 atom stereocenters. The molecular weight excluding hydrogens is 216 g/mol. The van der Waals surface area contributed by atoms with Gasteiger partial charge in [0.05, 0.1) is 11.6 Å².